The largest absolute Gasteiger partial charge is 0.428 e. The summed E-state index contributed by atoms with van der Waals surface area (Å²) in [6.07, 6.45) is 16.8. The van der Waals surface area contributed by atoms with Gasteiger partial charge >= 0.3 is 29.9 Å². The molecule has 3 fully saturated rings. The van der Waals surface area contributed by atoms with Crippen molar-refractivity contribution in [1.29, 1.82) is 0 Å². The van der Waals surface area contributed by atoms with Crippen LogP contribution in [0.15, 0.2) is 96.6 Å². The molecular formula is C68H85N13O13. The molecule has 2 aromatic carbocycles. The van der Waals surface area contributed by atoms with Crippen molar-refractivity contribution in [3.05, 3.63) is 119 Å². The van der Waals surface area contributed by atoms with Crippen LogP contribution in [-0.4, -0.2) is 177 Å². The molecule has 0 radical (unpaired) electrons. The second-order valence-corrected chi connectivity index (χ2v) is 24.8. The highest BCUT2D eigenvalue weighted by Gasteiger charge is 2.43. The first-order valence-corrected chi connectivity index (χ1v) is 32.3. The van der Waals surface area contributed by atoms with E-state index in [2.05, 4.69) is 68.7 Å². The van der Waals surface area contributed by atoms with E-state index in [1.807, 2.05) is 48.7 Å². The number of pyridine rings is 1. The minimum absolute atomic E-state index is 0.00638. The number of carbonyl (C=O) groups is 9. The van der Waals surface area contributed by atoms with Crippen LogP contribution in [-0.2, 0) is 66.1 Å². The fourth-order valence-corrected chi connectivity index (χ4v) is 12.6. The smallest absolute Gasteiger partial charge is 0.341 e. The maximum atomic E-state index is 14.0. The van der Waals surface area contributed by atoms with Crippen molar-refractivity contribution in [3.8, 4) is 11.1 Å². The number of rotatable bonds is 27. The molecule has 3 saturated heterocycles. The Morgan fingerprint density at radius 3 is 2.23 bits per heavy atom. The highest BCUT2D eigenvalue weighted by molar-refractivity contribution is 6.28. The van der Waals surface area contributed by atoms with Crippen LogP contribution in [0, 0.1) is 11.8 Å². The third-order valence-electron chi connectivity index (χ3n) is 17.6. The van der Waals surface area contributed by atoms with E-state index in [4.69, 9.17) is 23.9 Å². The summed E-state index contributed by atoms with van der Waals surface area (Å²) in [5.74, 6) is -3.53. The molecule has 9 rings (SSSR count). The fraction of sp³-hybridized carbons (Fsp3) is 0.485. The number of allylic oxidation sites excluding steroid dienone is 5. The number of anilines is 2. The number of esters is 4. The number of barbiturate groups is 1. The number of piperidine rings is 1. The third-order valence-corrected chi connectivity index (χ3v) is 17.6. The number of likely N-dealkylation sites (N-methyl/N-ethyl adjacent to an activating group) is 1. The van der Waals surface area contributed by atoms with Crippen LogP contribution < -0.4 is 20.4 Å². The van der Waals surface area contributed by atoms with Gasteiger partial charge in [0.25, 0.3) is 17.7 Å². The number of ether oxygens (including phenoxy) is 4. The van der Waals surface area contributed by atoms with E-state index in [1.165, 1.54) is 26.0 Å². The first-order chi connectivity index (χ1) is 45.1. The topological polar surface area (TPSA) is 292 Å². The van der Waals surface area contributed by atoms with E-state index < -0.39 is 60.7 Å². The van der Waals surface area contributed by atoms with Gasteiger partial charge in [-0.25, -0.2) is 14.6 Å². The number of aromatic nitrogens is 6. The number of hydrogen-bond acceptors (Lipinski definition) is 20. The minimum Gasteiger partial charge on any atom is -0.428 e. The normalized spacial score (nSPS) is 19.2. The molecule has 3 unspecified atom stereocenters. The van der Waals surface area contributed by atoms with Gasteiger partial charge in [-0.15, -0.1) is 5.10 Å². The molecule has 2 N–H and O–H groups in total. The van der Waals surface area contributed by atoms with Gasteiger partial charge in [0.2, 0.25) is 19.5 Å². The van der Waals surface area contributed by atoms with E-state index in [1.54, 1.807) is 54.4 Å². The minimum atomic E-state index is -0.790. The third kappa shape index (κ3) is 16.2. The lowest BCUT2D eigenvalue weighted by molar-refractivity contribution is -0.165. The van der Waals surface area contributed by atoms with Crippen LogP contribution in [0.2, 0.25) is 0 Å². The number of imide groups is 2. The van der Waals surface area contributed by atoms with E-state index in [0.29, 0.717) is 28.9 Å². The molecule has 0 saturated carbocycles. The number of urea groups is 1. The summed E-state index contributed by atoms with van der Waals surface area (Å²) in [6.45, 7) is 19.8. The van der Waals surface area contributed by atoms with Crippen molar-refractivity contribution in [2.75, 3.05) is 82.3 Å². The lowest BCUT2D eigenvalue weighted by Gasteiger charge is -2.35. The Labute approximate surface area is 546 Å². The van der Waals surface area contributed by atoms with Crippen molar-refractivity contribution in [2.45, 2.75) is 131 Å². The zero-order valence-electron chi connectivity index (χ0n) is 55.1. The van der Waals surface area contributed by atoms with Gasteiger partial charge < -0.3 is 39.4 Å². The molecule has 0 spiro atoms. The van der Waals surface area contributed by atoms with E-state index in [9.17, 15) is 43.2 Å². The Morgan fingerprint density at radius 1 is 0.798 bits per heavy atom. The number of nitrogens with zero attached hydrogens (tertiary/aromatic N) is 11. The Kier molecular flexibility index (Phi) is 22.6. The van der Waals surface area contributed by atoms with Crippen LogP contribution in [0.3, 0.4) is 0 Å². The van der Waals surface area contributed by atoms with Gasteiger partial charge in [0.1, 0.15) is 11.4 Å². The van der Waals surface area contributed by atoms with Crippen LogP contribution in [0.5, 0.6) is 0 Å². The molecule has 0 bridgehead atoms. The van der Waals surface area contributed by atoms with Crippen molar-refractivity contribution in [3.63, 3.8) is 0 Å². The van der Waals surface area contributed by atoms with Gasteiger partial charge in [-0.05, 0) is 138 Å². The molecule has 0 aliphatic carbocycles. The monoisotopic (exact) mass is 1290 g/mol. The fourth-order valence-electron chi connectivity index (χ4n) is 12.6. The SMILES string of the molecule is CCCC1CC(C)NC(=O)C1CNC(=O)c1cc(-c2ccc(N3CCN(CCCCc4cn(CCN5C(=O)\C(=C/C=C/C=C6/N(CCC(=O)OCOC(C)=O)c7ccc(C(=O)OCOC(C)=O)cc7C6(C)C)C(=O)N(CC)C5=O)nn4)CC3)nc2)cc2c1cnn2C(C)C. The number of unbranched alkanes of at least 4 members (excludes halogenated alkanes) is 1. The van der Waals surface area contributed by atoms with Gasteiger partial charge in [0, 0.05) is 112 Å². The van der Waals surface area contributed by atoms with Gasteiger partial charge in [-0.3, -0.25) is 57.6 Å². The first-order valence-electron chi connectivity index (χ1n) is 32.3. The second kappa shape index (κ2) is 30.9. The molecule has 4 aliphatic heterocycles. The molecule has 3 atom stereocenters. The number of nitrogens with one attached hydrogen (secondary N) is 2. The van der Waals surface area contributed by atoms with Crippen LogP contribution in [0.25, 0.3) is 22.0 Å². The molecular weight excluding hydrogens is 1210 g/mol. The predicted molar refractivity (Wildman–Crippen MR) is 347 cm³/mol. The summed E-state index contributed by atoms with van der Waals surface area (Å²) in [5.41, 5.74) is 5.08. The van der Waals surface area contributed by atoms with Gasteiger partial charge in [-0.2, -0.15) is 5.10 Å². The van der Waals surface area contributed by atoms with E-state index >= 15 is 0 Å². The number of amides is 6. The average molecular weight is 1290 g/mol. The van der Waals surface area contributed by atoms with Gasteiger partial charge in [0.05, 0.1) is 54.0 Å². The molecule has 26 nitrogen and oxygen atoms in total. The van der Waals surface area contributed by atoms with Crippen molar-refractivity contribution in [2.24, 2.45) is 11.8 Å². The first kappa shape index (κ1) is 68.8. The standard InChI is InChI=1S/C68H85N13O13/c1-10-16-47-33-44(5)72-63(86)54(47)38-70-62(85)53-34-50(36-58-55(53)39-71-81(58)43(3)4)49-21-23-60(69-37-49)76-29-27-75(28-30-76)25-15-14-17-51-40-77(74-73-51)31-32-80-65(88)52(64(87)78(11-2)67(80)90)18-12-13-19-59-68(8,9)56-35-48(66(89)94-42-92-46(7)83)20-22-57(56)79(59)26-24-61(84)93-41-91-45(6)82/h12-13,18-23,34-37,39-40,43-44,47,54H,10-11,14-17,24-33,38,41-42H2,1-9H3,(H,70,85)(H,72,86)/b13-12+,52-18-,59-19+. The second-order valence-electron chi connectivity index (χ2n) is 24.8. The summed E-state index contributed by atoms with van der Waals surface area (Å²) < 4.78 is 23.2. The number of piperazine rings is 1. The van der Waals surface area contributed by atoms with Crippen LogP contribution >= 0.6 is 0 Å². The number of hydrogen-bond donors (Lipinski definition) is 2. The highest BCUT2D eigenvalue weighted by atomic mass is 16.7. The molecule has 7 heterocycles. The zero-order valence-corrected chi connectivity index (χ0v) is 55.1. The molecule has 6 amide bonds. The summed E-state index contributed by atoms with van der Waals surface area (Å²) >= 11 is 0. The van der Waals surface area contributed by atoms with Crippen molar-refractivity contribution >= 4 is 75.9 Å². The molecule has 500 valence electrons. The molecule has 26 heteroatoms. The quantitative estimate of drug-likeness (QED) is 0.0173. The van der Waals surface area contributed by atoms with Crippen molar-refractivity contribution in [1.82, 2.24) is 55.1 Å². The van der Waals surface area contributed by atoms with Gasteiger partial charge in [0.15, 0.2) is 0 Å². The van der Waals surface area contributed by atoms with E-state index in [0.717, 1.165) is 108 Å². The summed E-state index contributed by atoms with van der Waals surface area (Å²) in [4.78, 5) is 130. The Bertz CT molecular complexity index is 3750. The van der Waals surface area contributed by atoms with E-state index in [-0.39, 0.29) is 86.0 Å². The average Bonchev–Trinajstić information content (AvgIpc) is 1.58. The summed E-state index contributed by atoms with van der Waals surface area (Å²) in [7, 11) is 0. The van der Waals surface area contributed by atoms with Crippen LogP contribution in [0.1, 0.15) is 139 Å². The zero-order chi connectivity index (χ0) is 67.4. The number of fused-ring (bicyclic) bond motifs is 2. The number of benzene rings is 2. The highest BCUT2D eigenvalue weighted by Crippen LogP contribution is 2.48. The van der Waals surface area contributed by atoms with Crippen molar-refractivity contribution < 1.29 is 62.1 Å². The predicted octanol–water partition coefficient (Wildman–Crippen LogP) is 7.19. The molecule has 94 heavy (non-hydrogen) atoms. The molecule has 5 aromatic rings. The maximum Gasteiger partial charge on any atom is 0.341 e. The number of aryl methyl sites for hydroxylation is 1. The lowest BCUT2D eigenvalue weighted by atomic mass is 9.80. The summed E-state index contributed by atoms with van der Waals surface area (Å²) in [6, 6.07) is 12.4. The number of carbonyl (C=O) groups excluding carboxylic acids is 9. The molecule has 3 aromatic heterocycles. The Morgan fingerprint density at radius 2 is 1.53 bits per heavy atom. The lowest BCUT2D eigenvalue weighted by Crippen LogP contribution is -2.56. The maximum absolute atomic E-state index is 14.0. The van der Waals surface area contributed by atoms with Gasteiger partial charge in [-0.1, -0.05) is 44.6 Å². The van der Waals surface area contributed by atoms with Crippen LogP contribution in [0.4, 0.5) is 16.3 Å². The Balaban J connectivity index is 0.762. The Hall–Kier alpha value is -9.59. The molecule has 4 aliphatic rings. The summed E-state index contributed by atoms with van der Waals surface area (Å²) in [5, 5.41) is 20.3.